The number of nitrogens with zero attached hydrogens (tertiary/aromatic N) is 1. The molecule has 8 heteroatoms. The molecule has 1 heterocycles. The molecule has 0 aromatic heterocycles. The highest BCUT2D eigenvalue weighted by Gasteiger charge is 2.50. The van der Waals surface area contributed by atoms with Crippen LogP contribution in [0.5, 0.6) is 0 Å². The standard InChI is InChI=1S/C19H26ClFN2O4/c1-17(2,3)26-15(24)22-19(13-8-7-12(20)9-14(13)21)10-23(11-19)16(25)27-18(4,5)6/h7-9H,10-11H2,1-6H3,(H,22,24). The third-order valence-electron chi connectivity index (χ3n) is 3.76. The van der Waals surface area contributed by atoms with E-state index >= 15 is 0 Å². The van der Waals surface area contributed by atoms with Crippen LogP contribution in [0.3, 0.4) is 0 Å². The first kappa shape index (κ1) is 21.3. The van der Waals surface area contributed by atoms with Crippen molar-refractivity contribution in [2.75, 3.05) is 13.1 Å². The van der Waals surface area contributed by atoms with Gasteiger partial charge in [-0.05, 0) is 53.7 Å². The van der Waals surface area contributed by atoms with Crippen LogP contribution < -0.4 is 5.32 Å². The van der Waals surface area contributed by atoms with Gasteiger partial charge in [0.1, 0.15) is 22.6 Å². The Morgan fingerprint density at radius 1 is 1.11 bits per heavy atom. The average Bonchev–Trinajstić information content (AvgIpc) is 2.38. The van der Waals surface area contributed by atoms with Crippen LogP contribution in [-0.4, -0.2) is 41.4 Å². The molecule has 1 aromatic rings. The monoisotopic (exact) mass is 400 g/mol. The fourth-order valence-corrected chi connectivity index (χ4v) is 2.91. The Labute approximate surface area is 163 Å². The van der Waals surface area contributed by atoms with Crippen LogP contribution in [0.25, 0.3) is 0 Å². The van der Waals surface area contributed by atoms with E-state index < -0.39 is 34.7 Å². The second kappa shape index (κ2) is 7.19. The van der Waals surface area contributed by atoms with Crippen molar-refractivity contribution in [3.63, 3.8) is 0 Å². The van der Waals surface area contributed by atoms with E-state index in [0.29, 0.717) is 0 Å². The Morgan fingerprint density at radius 3 is 2.15 bits per heavy atom. The lowest BCUT2D eigenvalue weighted by Gasteiger charge is -2.50. The summed E-state index contributed by atoms with van der Waals surface area (Å²) in [6.07, 6.45) is -1.22. The molecule has 2 amide bonds. The second-order valence-electron chi connectivity index (χ2n) is 8.67. The van der Waals surface area contributed by atoms with E-state index in [4.69, 9.17) is 21.1 Å². The van der Waals surface area contributed by atoms with Gasteiger partial charge in [0, 0.05) is 10.6 Å². The fraction of sp³-hybridized carbons (Fsp3) is 0.579. The number of hydrogen-bond acceptors (Lipinski definition) is 4. The number of ether oxygens (including phenoxy) is 2. The predicted octanol–water partition coefficient (Wildman–Crippen LogP) is 4.45. The van der Waals surface area contributed by atoms with Crippen molar-refractivity contribution < 1.29 is 23.5 Å². The van der Waals surface area contributed by atoms with Crippen LogP contribution in [0, 0.1) is 5.82 Å². The molecule has 0 aliphatic carbocycles. The van der Waals surface area contributed by atoms with E-state index in [0.717, 1.165) is 0 Å². The fourth-order valence-electron chi connectivity index (χ4n) is 2.75. The quantitative estimate of drug-likeness (QED) is 0.796. The molecule has 27 heavy (non-hydrogen) atoms. The first-order chi connectivity index (χ1) is 12.2. The van der Waals surface area contributed by atoms with Crippen molar-refractivity contribution in [3.8, 4) is 0 Å². The Balaban J connectivity index is 2.24. The number of carbonyl (C=O) groups is 2. The van der Waals surface area contributed by atoms with Gasteiger partial charge in [-0.2, -0.15) is 0 Å². The molecule has 1 saturated heterocycles. The highest BCUT2D eigenvalue weighted by Crippen LogP contribution is 2.36. The number of benzene rings is 1. The van der Waals surface area contributed by atoms with Crippen molar-refractivity contribution in [1.29, 1.82) is 0 Å². The van der Waals surface area contributed by atoms with E-state index in [-0.39, 0.29) is 23.7 Å². The van der Waals surface area contributed by atoms with Gasteiger partial charge in [0.25, 0.3) is 0 Å². The first-order valence-electron chi connectivity index (χ1n) is 8.65. The molecule has 2 rings (SSSR count). The molecule has 0 atom stereocenters. The summed E-state index contributed by atoms with van der Waals surface area (Å²) in [6, 6.07) is 4.21. The van der Waals surface area contributed by atoms with E-state index in [1.807, 2.05) is 0 Å². The maximum absolute atomic E-state index is 14.5. The highest BCUT2D eigenvalue weighted by atomic mass is 35.5. The van der Waals surface area contributed by atoms with E-state index in [9.17, 15) is 14.0 Å². The predicted molar refractivity (Wildman–Crippen MR) is 100 cm³/mol. The second-order valence-corrected chi connectivity index (χ2v) is 9.11. The van der Waals surface area contributed by atoms with Gasteiger partial charge in [-0.15, -0.1) is 0 Å². The first-order valence-corrected chi connectivity index (χ1v) is 9.03. The average molecular weight is 401 g/mol. The van der Waals surface area contributed by atoms with Gasteiger partial charge in [0.15, 0.2) is 0 Å². The summed E-state index contributed by atoms with van der Waals surface area (Å²) in [6.45, 7) is 10.6. The zero-order valence-corrected chi connectivity index (χ0v) is 17.2. The van der Waals surface area contributed by atoms with Crippen molar-refractivity contribution in [1.82, 2.24) is 10.2 Å². The van der Waals surface area contributed by atoms with Crippen LogP contribution >= 0.6 is 11.6 Å². The molecule has 1 aromatic carbocycles. The Bertz CT molecular complexity index is 734. The molecule has 1 aliphatic rings. The molecular weight excluding hydrogens is 375 g/mol. The topological polar surface area (TPSA) is 67.9 Å². The van der Waals surface area contributed by atoms with Gasteiger partial charge in [-0.25, -0.2) is 14.0 Å². The smallest absolute Gasteiger partial charge is 0.410 e. The van der Waals surface area contributed by atoms with Crippen LogP contribution in [0.1, 0.15) is 47.1 Å². The maximum atomic E-state index is 14.5. The summed E-state index contributed by atoms with van der Waals surface area (Å²) in [5, 5.41) is 2.96. The number of rotatable bonds is 2. The van der Waals surface area contributed by atoms with Gasteiger partial charge in [0.05, 0.1) is 13.1 Å². The summed E-state index contributed by atoms with van der Waals surface area (Å²) < 4.78 is 25.2. The summed E-state index contributed by atoms with van der Waals surface area (Å²) in [7, 11) is 0. The summed E-state index contributed by atoms with van der Waals surface area (Å²) in [5.74, 6) is -0.567. The minimum atomic E-state index is -1.12. The van der Waals surface area contributed by atoms with Gasteiger partial charge >= 0.3 is 12.2 Å². The lowest BCUT2D eigenvalue weighted by atomic mass is 9.82. The lowest BCUT2D eigenvalue weighted by Crippen LogP contribution is -2.69. The van der Waals surface area contributed by atoms with Gasteiger partial charge in [-0.3, -0.25) is 0 Å². The number of nitrogens with one attached hydrogen (secondary N) is 1. The molecule has 6 nitrogen and oxygen atoms in total. The number of carbonyl (C=O) groups excluding carboxylic acids is 2. The molecule has 1 aliphatic heterocycles. The normalized spacial score (nSPS) is 16.4. The zero-order valence-electron chi connectivity index (χ0n) is 16.5. The van der Waals surface area contributed by atoms with Crippen molar-refractivity contribution in [2.45, 2.75) is 58.3 Å². The van der Waals surface area contributed by atoms with Crippen LogP contribution in [-0.2, 0) is 15.0 Å². The van der Waals surface area contributed by atoms with Crippen LogP contribution in [0.15, 0.2) is 18.2 Å². The Kier molecular flexibility index (Phi) is 5.66. The zero-order chi connectivity index (χ0) is 20.6. The van der Waals surface area contributed by atoms with Gasteiger partial charge in [-0.1, -0.05) is 17.7 Å². The molecular formula is C19H26ClFN2O4. The third-order valence-corrected chi connectivity index (χ3v) is 4.00. The van der Waals surface area contributed by atoms with Crippen LogP contribution in [0.4, 0.5) is 14.0 Å². The molecule has 1 fully saturated rings. The Morgan fingerprint density at radius 2 is 1.67 bits per heavy atom. The highest BCUT2D eigenvalue weighted by molar-refractivity contribution is 6.30. The molecule has 0 radical (unpaired) electrons. The molecule has 0 unspecified atom stereocenters. The number of amides is 2. The van der Waals surface area contributed by atoms with Gasteiger partial charge in [0.2, 0.25) is 0 Å². The maximum Gasteiger partial charge on any atom is 0.410 e. The summed E-state index contributed by atoms with van der Waals surface area (Å²) in [5.41, 5.74) is -2.25. The summed E-state index contributed by atoms with van der Waals surface area (Å²) in [4.78, 5) is 26.0. The van der Waals surface area contributed by atoms with Crippen molar-refractivity contribution in [2.24, 2.45) is 0 Å². The lowest BCUT2D eigenvalue weighted by molar-refractivity contribution is -0.0238. The molecule has 0 saturated carbocycles. The molecule has 1 N–H and O–H groups in total. The van der Waals surface area contributed by atoms with Crippen molar-refractivity contribution >= 4 is 23.8 Å². The van der Waals surface area contributed by atoms with Crippen LogP contribution in [0.2, 0.25) is 5.02 Å². The third kappa shape index (κ3) is 5.48. The largest absolute Gasteiger partial charge is 0.444 e. The summed E-state index contributed by atoms with van der Waals surface area (Å²) >= 11 is 5.84. The van der Waals surface area contributed by atoms with E-state index in [1.54, 1.807) is 41.5 Å². The minimum Gasteiger partial charge on any atom is -0.444 e. The molecule has 0 bridgehead atoms. The molecule has 150 valence electrons. The number of alkyl carbamates (subject to hydrolysis) is 1. The van der Waals surface area contributed by atoms with Gasteiger partial charge < -0.3 is 19.7 Å². The number of hydrogen-bond donors (Lipinski definition) is 1. The van der Waals surface area contributed by atoms with E-state index in [2.05, 4.69) is 5.32 Å². The minimum absolute atomic E-state index is 0.0553. The van der Waals surface area contributed by atoms with Crippen molar-refractivity contribution in [3.05, 3.63) is 34.6 Å². The number of halogens is 2. The SMILES string of the molecule is CC(C)(C)OC(=O)NC1(c2ccc(Cl)cc2F)CN(C(=O)OC(C)(C)C)C1. The molecule has 0 spiro atoms. The van der Waals surface area contributed by atoms with E-state index in [1.165, 1.54) is 23.1 Å². The Hall–Kier alpha value is -2.02. The number of likely N-dealkylation sites (tertiary alicyclic amines) is 1.